The second-order valence-corrected chi connectivity index (χ2v) is 10.1. The molecule has 182 valence electrons. The number of nitrogens with zero attached hydrogens (tertiary/aromatic N) is 3. The number of benzene rings is 3. The van der Waals surface area contributed by atoms with Crippen molar-refractivity contribution in [1.29, 1.82) is 0 Å². The Morgan fingerprint density at radius 1 is 0.889 bits per heavy atom. The number of carbonyl (C=O) groups excluding carboxylic acids is 1. The third-order valence-corrected chi connectivity index (χ3v) is 7.33. The Morgan fingerprint density at radius 2 is 1.67 bits per heavy atom. The summed E-state index contributed by atoms with van der Waals surface area (Å²) in [6.07, 6.45) is 3.90. The van der Waals surface area contributed by atoms with Crippen LogP contribution >= 0.6 is 34.8 Å². The molecule has 1 aliphatic rings. The molecule has 0 spiro atoms. The highest BCUT2D eigenvalue weighted by Gasteiger charge is 2.32. The van der Waals surface area contributed by atoms with Gasteiger partial charge in [-0.05, 0) is 53.1 Å². The predicted molar refractivity (Wildman–Crippen MR) is 148 cm³/mol. The third kappa shape index (κ3) is 5.36. The first kappa shape index (κ1) is 24.6. The molecular weight excluding hydrogens is 513 g/mol. The summed E-state index contributed by atoms with van der Waals surface area (Å²) in [5.41, 5.74) is 4.98. The summed E-state index contributed by atoms with van der Waals surface area (Å²) in [6.45, 7) is 1.77. The number of amides is 1. The number of hydrogen-bond acceptors (Lipinski definition) is 3. The van der Waals surface area contributed by atoms with Crippen molar-refractivity contribution in [3.8, 4) is 11.1 Å². The van der Waals surface area contributed by atoms with Crippen molar-refractivity contribution >= 4 is 46.4 Å². The van der Waals surface area contributed by atoms with Crippen LogP contribution in [-0.2, 0) is 11.2 Å². The summed E-state index contributed by atoms with van der Waals surface area (Å²) in [4.78, 5) is 22.0. The van der Waals surface area contributed by atoms with E-state index in [0.29, 0.717) is 41.1 Å². The van der Waals surface area contributed by atoms with Gasteiger partial charge in [0, 0.05) is 47.6 Å². The van der Waals surface area contributed by atoms with Gasteiger partial charge in [-0.25, -0.2) is 0 Å². The average molecular weight is 537 g/mol. The molecule has 0 N–H and O–H groups in total. The number of carbonyl (C=O) groups is 1. The molecule has 0 aliphatic carbocycles. The number of halogens is 3. The van der Waals surface area contributed by atoms with Crippen molar-refractivity contribution < 1.29 is 4.79 Å². The molecule has 2 heterocycles. The van der Waals surface area contributed by atoms with E-state index < -0.39 is 0 Å². The molecule has 1 unspecified atom stereocenters. The first-order valence-corrected chi connectivity index (χ1v) is 12.9. The maximum Gasteiger partial charge on any atom is 0.227 e. The third-order valence-electron chi connectivity index (χ3n) is 6.54. The largest absolute Gasteiger partial charge is 0.360 e. The van der Waals surface area contributed by atoms with E-state index in [9.17, 15) is 4.79 Å². The Balaban J connectivity index is 1.41. The van der Waals surface area contributed by atoms with E-state index in [1.807, 2.05) is 83.9 Å². The molecule has 0 bridgehead atoms. The number of pyridine rings is 1. The van der Waals surface area contributed by atoms with Crippen LogP contribution in [0, 0.1) is 0 Å². The fraction of sp³-hybridized carbons (Fsp3) is 0.172. The first-order chi connectivity index (χ1) is 17.5. The molecule has 0 saturated carbocycles. The van der Waals surface area contributed by atoms with Gasteiger partial charge in [0.25, 0.3) is 0 Å². The van der Waals surface area contributed by atoms with E-state index in [-0.39, 0.29) is 11.9 Å². The molecule has 0 radical (unpaired) electrons. The zero-order chi connectivity index (χ0) is 25.1. The Labute approximate surface area is 226 Å². The smallest absolute Gasteiger partial charge is 0.227 e. The van der Waals surface area contributed by atoms with E-state index in [1.165, 1.54) is 0 Å². The Kier molecular flexibility index (Phi) is 7.47. The molecule has 1 saturated heterocycles. The Bertz CT molecular complexity index is 1360. The van der Waals surface area contributed by atoms with Gasteiger partial charge in [-0.3, -0.25) is 9.78 Å². The fourth-order valence-corrected chi connectivity index (χ4v) is 5.38. The molecule has 3 aromatic carbocycles. The monoisotopic (exact) mass is 535 g/mol. The van der Waals surface area contributed by atoms with Crippen molar-refractivity contribution in [1.82, 2.24) is 9.88 Å². The molecule has 1 aromatic heterocycles. The van der Waals surface area contributed by atoms with Crippen LogP contribution < -0.4 is 4.90 Å². The lowest BCUT2D eigenvalue weighted by atomic mass is 9.97. The van der Waals surface area contributed by atoms with E-state index >= 15 is 0 Å². The quantitative estimate of drug-likeness (QED) is 0.268. The minimum atomic E-state index is -0.0767. The van der Waals surface area contributed by atoms with Gasteiger partial charge in [0.05, 0.1) is 23.2 Å². The molecule has 36 heavy (non-hydrogen) atoms. The van der Waals surface area contributed by atoms with Crippen LogP contribution in [-0.4, -0.2) is 35.4 Å². The second-order valence-electron chi connectivity index (χ2n) is 8.77. The SMILES string of the molecule is O=C(Cc1ccccc1-c1cccnc1)N1CCN(c2ccc(Cl)cc2Cl)C(c2ccc(Cl)cc2)C1. The minimum absolute atomic E-state index is 0.0767. The number of aromatic nitrogens is 1. The lowest BCUT2D eigenvalue weighted by Crippen LogP contribution is -2.51. The molecular formula is C29H24Cl3N3O. The van der Waals surface area contributed by atoms with Crippen molar-refractivity contribution in [2.24, 2.45) is 0 Å². The topological polar surface area (TPSA) is 36.4 Å². The number of rotatable bonds is 5. The van der Waals surface area contributed by atoms with Crippen LogP contribution in [0.1, 0.15) is 17.2 Å². The lowest BCUT2D eigenvalue weighted by molar-refractivity contribution is -0.131. The van der Waals surface area contributed by atoms with Gasteiger partial charge in [-0.1, -0.05) is 77.3 Å². The Morgan fingerprint density at radius 3 is 2.42 bits per heavy atom. The molecule has 1 aliphatic heterocycles. The van der Waals surface area contributed by atoms with Gasteiger partial charge >= 0.3 is 0 Å². The average Bonchev–Trinajstić information content (AvgIpc) is 2.90. The zero-order valence-corrected chi connectivity index (χ0v) is 21.7. The lowest BCUT2D eigenvalue weighted by Gasteiger charge is -2.43. The predicted octanol–water partition coefficient (Wildman–Crippen LogP) is 7.34. The number of hydrogen-bond donors (Lipinski definition) is 0. The normalized spacial score (nSPS) is 15.7. The summed E-state index contributed by atoms with van der Waals surface area (Å²) in [5.74, 6) is 0.0900. The maximum absolute atomic E-state index is 13.6. The summed E-state index contributed by atoms with van der Waals surface area (Å²) in [7, 11) is 0. The molecule has 4 nitrogen and oxygen atoms in total. The van der Waals surface area contributed by atoms with Gasteiger partial charge in [-0.15, -0.1) is 0 Å². The standard InChI is InChI=1S/C29H24Cl3N3O/c30-23-9-7-20(8-10-23)28-19-34(14-15-35(28)27-12-11-24(31)17-26(27)32)29(36)16-21-4-1-2-6-25(21)22-5-3-13-33-18-22/h1-13,17-18,28H,14-16,19H2. The van der Waals surface area contributed by atoms with Crippen molar-refractivity contribution in [3.05, 3.63) is 117 Å². The molecule has 1 amide bonds. The maximum atomic E-state index is 13.6. The molecule has 5 rings (SSSR count). The van der Waals surface area contributed by atoms with Crippen LogP contribution in [0.25, 0.3) is 11.1 Å². The first-order valence-electron chi connectivity index (χ1n) is 11.7. The van der Waals surface area contributed by atoms with Crippen LogP contribution in [0.5, 0.6) is 0 Å². The number of anilines is 1. The van der Waals surface area contributed by atoms with Gasteiger partial charge in [-0.2, -0.15) is 0 Å². The van der Waals surface area contributed by atoms with E-state index in [1.54, 1.807) is 12.3 Å². The second kappa shape index (κ2) is 10.9. The van der Waals surface area contributed by atoms with Crippen molar-refractivity contribution in [2.75, 3.05) is 24.5 Å². The summed E-state index contributed by atoms with van der Waals surface area (Å²) in [5, 5.41) is 1.85. The van der Waals surface area contributed by atoms with Gasteiger partial charge in [0.2, 0.25) is 5.91 Å². The fourth-order valence-electron chi connectivity index (χ4n) is 4.74. The van der Waals surface area contributed by atoms with E-state index in [0.717, 1.165) is 27.9 Å². The minimum Gasteiger partial charge on any atom is -0.360 e. The zero-order valence-electron chi connectivity index (χ0n) is 19.4. The van der Waals surface area contributed by atoms with Gasteiger partial charge in [0.15, 0.2) is 0 Å². The van der Waals surface area contributed by atoms with Gasteiger partial charge in [0.1, 0.15) is 0 Å². The molecule has 4 aromatic rings. The van der Waals surface area contributed by atoms with Crippen LogP contribution in [0.3, 0.4) is 0 Å². The summed E-state index contributed by atoms with van der Waals surface area (Å²) < 4.78 is 0. The molecule has 1 atom stereocenters. The van der Waals surface area contributed by atoms with Crippen LogP contribution in [0.4, 0.5) is 5.69 Å². The number of piperazine rings is 1. The highest BCUT2D eigenvalue weighted by atomic mass is 35.5. The summed E-state index contributed by atoms with van der Waals surface area (Å²) in [6, 6.07) is 25.2. The van der Waals surface area contributed by atoms with E-state index in [4.69, 9.17) is 34.8 Å². The molecule has 1 fully saturated rings. The highest BCUT2D eigenvalue weighted by Crippen LogP contribution is 2.37. The van der Waals surface area contributed by atoms with Gasteiger partial charge < -0.3 is 9.80 Å². The Hall–Kier alpha value is -3.05. The van der Waals surface area contributed by atoms with Crippen molar-refractivity contribution in [2.45, 2.75) is 12.5 Å². The highest BCUT2D eigenvalue weighted by molar-refractivity contribution is 6.36. The molecule has 7 heteroatoms. The van der Waals surface area contributed by atoms with E-state index in [2.05, 4.69) is 9.88 Å². The van der Waals surface area contributed by atoms with Crippen LogP contribution in [0.15, 0.2) is 91.3 Å². The van der Waals surface area contributed by atoms with Crippen LogP contribution in [0.2, 0.25) is 15.1 Å². The van der Waals surface area contributed by atoms with Crippen molar-refractivity contribution in [3.63, 3.8) is 0 Å². The summed E-state index contributed by atoms with van der Waals surface area (Å²) >= 11 is 18.9.